The van der Waals surface area contributed by atoms with Gasteiger partial charge in [0, 0.05) is 25.5 Å². The quantitative estimate of drug-likeness (QED) is 0.777. The van der Waals surface area contributed by atoms with Gasteiger partial charge in [-0.25, -0.2) is 9.37 Å². The van der Waals surface area contributed by atoms with Crippen molar-refractivity contribution in [3.8, 4) is 0 Å². The first-order valence-electron chi connectivity index (χ1n) is 6.67. The van der Waals surface area contributed by atoms with Crippen LogP contribution in [0.4, 0.5) is 4.39 Å². The standard InChI is InChI=1S/C15H20FN3/c1-13-10-15(16)5-4-14(13)11-17-6-2-3-8-19-9-7-18-12-19/h4-5,7,9-10,12,17H,2-3,6,8,11H2,1H3. The minimum Gasteiger partial charge on any atom is -0.337 e. The van der Waals surface area contributed by atoms with Crippen LogP contribution in [0.3, 0.4) is 0 Å². The summed E-state index contributed by atoms with van der Waals surface area (Å²) < 4.78 is 15.0. The number of aryl methyl sites for hydroxylation is 2. The SMILES string of the molecule is Cc1cc(F)ccc1CNCCCCn1ccnc1. The molecule has 0 aliphatic heterocycles. The molecule has 0 amide bonds. The minimum absolute atomic E-state index is 0.165. The third-order valence-corrected chi connectivity index (χ3v) is 3.20. The summed E-state index contributed by atoms with van der Waals surface area (Å²) in [6.07, 6.45) is 7.88. The molecule has 0 saturated heterocycles. The van der Waals surface area contributed by atoms with E-state index in [9.17, 15) is 4.39 Å². The van der Waals surface area contributed by atoms with Gasteiger partial charge < -0.3 is 9.88 Å². The van der Waals surface area contributed by atoms with Crippen LogP contribution in [0, 0.1) is 12.7 Å². The number of halogens is 1. The normalized spacial score (nSPS) is 10.8. The lowest BCUT2D eigenvalue weighted by Crippen LogP contribution is -2.16. The molecule has 0 spiro atoms. The Hall–Kier alpha value is -1.68. The summed E-state index contributed by atoms with van der Waals surface area (Å²) >= 11 is 0. The van der Waals surface area contributed by atoms with E-state index in [0.717, 1.165) is 43.6 Å². The van der Waals surface area contributed by atoms with E-state index in [1.165, 1.54) is 6.07 Å². The molecule has 102 valence electrons. The number of unbranched alkanes of at least 4 members (excludes halogenated alkanes) is 1. The van der Waals surface area contributed by atoms with Gasteiger partial charge >= 0.3 is 0 Å². The van der Waals surface area contributed by atoms with Crippen LogP contribution >= 0.6 is 0 Å². The molecule has 0 aliphatic rings. The van der Waals surface area contributed by atoms with Crippen LogP contribution in [0.5, 0.6) is 0 Å². The van der Waals surface area contributed by atoms with Crippen LogP contribution in [-0.4, -0.2) is 16.1 Å². The van der Waals surface area contributed by atoms with E-state index in [-0.39, 0.29) is 5.82 Å². The van der Waals surface area contributed by atoms with Gasteiger partial charge in [0.25, 0.3) is 0 Å². The maximum atomic E-state index is 12.9. The summed E-state index contributed by atoms with van der Waals surface area (Å²) in [5, 5.41) is 3.39. The highest BCUT2D eigenvalue weighted by atomic mass is 19.1. The van der Waals surface area contributed by atoms with Crippen molar-refractivity contribution in [2.75, 3.05) is 6.54 Å². The molecule has 0 saturated carbocycles. The molecule has 2 rings (SSSR count). The molecule has 1 aromatic carbocycles. The number of hydrogen-bond acceptors (Lipinski definition) is 2. The Morgan fingerprint density at radius 3 is 2.95 bits per heavy atom. The number of hydrogen-bond donors (Lipinski definition) is 1. The second kappa shape index (κ2) is 7.04. The third-order valence-electron chi connectivity index (χ3n) is 3.20. The lowest BCUT2D eigenvalue weighted by Gasteiger charge is -2.08. The summed E-state index contributed by atoms with van der Waals surface area (Å²) in [6.45, 7) is 4.74. The molecule has 1 aromatic heterocycles. The highest BCUT2D eigenvalue weighted by Gasteiger charge is 1.99. The first-order chi connectivity index (χ1) is 9.25. The minimum atomic E-state index is -0.165. The molecular formula is C15H20FN3. The van der Waals surface area contributed by atoms with Gasteiger partial charge in [-0.15, -0.1) is 0 Å². The third kappa shape index (κ3) is 4.48. The molecule has 4 heteroatoms. The number of benzene rings is 1. The molecule has 1 N–H and O–H groups in total. The fourth-order valence-corrected chi connectivity index (χ4v) is 2.04. The maximum absolute atomic E-state index is 12.9. The van der Waals surface area contributed by atoms with Crippen molar-refractivity contribution in [3.05, 3.63) is 53.9 Å². The molecule has 2 aromatic rings. The molecule has 3 nitrogen and oxygen atoms in total. The topological polar surface area (TPSA) is 29.9 Å². The number of rotatable bonds is 7. The van der Waals surface area contributed by atoms with Gasteiger partial charge in [-0.3, -0.25) is 0 Å². The Morgan fingerprint density at radius 1 is 1.32 bits per heavy atom. The Kier molecular flexibility index (Phi) is 5.10. The van der Waals surface area contributed by atoms with Crippen LogP contribution in [0.2, 0.25) is 0 Å². The van der Waals surface area contributed by atoms with Gasteiger partial charge in [0.2, 0.25) is 0 Å². The highest BCUT2D eigenvalue weighted by Crippen LogP contribution is 2.09. The van der Waals surface area contributed by atoms with Gasteiger partial charge in [-0.1, -0.05) is 6.07 Å². The molecule has 0 fully saturated rings. The first kappa shape index (κ1) is 13.7. The van der Waals surface area contributed by atoms with Crippen molar-refractivity contribution in [1.29, 1.82) is 0 Å². The Morgan fingerprint density at radius 2 is 2.21 bits per heavy atom. The highest BCUT2D eigenvalue weighted by molar-refractivity contribution is 5.26. The zero-order chi connectivity index (χ0) is 13.5. The second-order valence-corrected chi connectivity index (χ2v) is 4.76. The van der Waals surface area contributed by atoms with Crippen molar-refractivity contribution in [2.24, 2.45) is 0 Å². The van der Waals surface area contributed by atoms with E-state index in [4.69, 9.17) is 0 Å². The smallest absolute Gasteiger partial charge is 0.123 e. The van der Waals surface area contributed by atoms with Crippen molar-refractivity contribution in [3.63, 3.8) is 0 Å². The lowest BCUT2D eigenvalue weighted by atomic mass is 10.1. The average Bonchev–Trinajstić information content (AvgIpc) is 2.89. The van der Waals surface area contributed by atoms with E-state index < -0.39 is 0 Å². The van der Waals surface area contributed by atoms with E-state index in [2.05, 4.69) is 14.9 Å². The predicted octanol–water partition coefficient (Wildman–Crippen LogP) is 2.90. The second-order valence-electron chi connectivity index (χ2n) is 4.76. The molecule has 0 atom stereocenters. The van der Waals surface area contributed by atoms with Crippen LogP contribution in [0.25, 0.3) is 0 Å². The Balaban J connectivity index is 1.61. The number of nitrogens with zero attached hydrogens (tertiary/aromatic N) is 2. The molecule has 0 radical (unpaired) electrons. The summed E-state index contributed by atoms with van der Waals surface area (Å²) in [5.41, 5.74) is 2.17. The van der Waals surface area contributed by atoms with Gasteiger partial charge in [0.1, 0.15) is 5.82 Å². The van der Waals surface area contributed by atoms with Gasteiger partial charge in [-0.05, 0) is 49.6 Å². The average molecular weight is 261 g/mol. The van der Waals surface area contributed by atoms with Gasteiger partial charge in [0.05, 0.1) is 6.33 Å². The summed E-state index contributed by atoms with van der Waals surface area (Å²) in [6, 6.07) is 4.95. The van der Waals surface area contributed by atoms with E-state index >= 15 is 0 Å². The molecule has 0 unspecified atom stereocenters. The molecular weight excluding hydrogens is 241 g/mol. The lowest BCUT2D eigenvalue weighted by molar-refractivity contribution is 0.567. The van der Waals surface area contributed by atoms with Gasteiger partial charge in [-0.2, -0.15) is 0 Å². The number of imidazole rings is 1. The van der Waals surface area contributed by atoms with Crippen molar-refractivity contribution in [1.82, 2.24) is 14.9 Å². The Labute approximate surface area is 113 Å². The van der Waals surface area contributed by atoms with Crippen molar-refractivity contribution < 1.29 is 4.39 Å². The van der Waals surface area contributed by atoms with Crippen LogP contribution in [0.15, 0.2) is 36.9 Å². The maximum Gasteiger partial charge on any atom is 0.123 e. The van der Waals surface area contributed by atoms with E-state index in [0.29, 0.717) is 0 Å². The van der Waals surface area contributed by atoms with Crippen LogP contribution in [0.1, 0.15) is 24.0 Å². The van der Waals surface area contributed by atoms with Gasteiger partial charge in [0.15, 0.2) is 0 Å². The zero-order valence-corrected chi connectivity index (χ0v) is 11.3. The molecule has 0 bridgehead atoms. The monoisotopic (exact) mass is 261 g/mol. The van der Waals surface area contributed by atoms with E-state index in [1.807, 2.05) is 25.5 Å². The fraction of sp³-hybridized carbons (Fsp3) is 0.400. The molecule has 19 heavy (non-hydrogen) atoms. The first-order valence-corrected chi connectivity index (χ1v) is 6.67. The summed E-state index contributed by atoms with van der Waals surface area (Å²) in [4.78, 5) is 4.01. The zero-order valence-electron chi connectivity index (χ0n) is 11.3. The predicted molar refractivity (Wildman–Crippen MR) is 74.3 cm³/mol. The van der Waals surface area contributed by atoms with Crippen LogP contribution < -0.4 is 5.32 Å². The van der Waals surface area contributed by atoms with Crippen molar-refractivity contribution in [2.45, 2.75) is 32.9 Å². The largest absolute Gasteiger partial charge is 0.337 e. The molecule has 0 aliphatic carbocycles. The van der Waals surface area contributed by atoms with Crippen LogP contribution in [-0.2, 0) is 13.1 Å². The fourth-order valence-electron chi connectivity index (χ4n) is 2.04. The van der Waals surface area contributed by atoms with Crippen molar-refractivity contribution >= 4 is 0 Å². The Bertz CT molecular complexity index is 494. The molecule has 1 heterocycles. The summed E-state index contributed by atoms with van der Waals surface area (Å²) in [7, 11) is 0. The summed E-state index contributed by atoms with van der Waals surface area (Å²) in [5.74, 6) is -0.165. The van der Waals surface area contributed by atoms with E-state index in [1.54, 1.807) is 12.3 Å². The number of nitrogens with one attached hydrogen (secondary N) is 1. The number of aromatic nitrogens is 2.